The van der Waals surface area contributed by atoms with Crippen molar-refractivity contribution in [1.82, 2.24) is 25.0 Å². The normalized spacial score (nSPS) is 24.6. The van der Waals surface area contributed by atoms with Gasteiger partial charge in [0.25, 0.3) is 0 Å². The maximum absolute atomic E-state index is 12.7. The van der Waals surface area contributed by atoms with Crippen molar-refractivity contribution < 1.29 is 14.4 Å². The van der Waals surface area contributed by atoms with Crippen molar-refractivity contribution in [2.45, 2.75) is 38.3 Å². The SMILES string of the molecule is CN1CC(C(=O)N2CCC3(CCC(=O)N(Cc4ccncc4)C3)CC2)NC1=O. The van der Waals surface area contributed by atoms with Gasteiger partial charge in [0.05, 0.1) is 6.54 Å². The predicted octanol–water partition coefficient (Wildman–Crippen LogP) is 0.836. The Balaban J connectivity index is 1.36. The molecule has 1 aromatic rings. The zero-order valence-corrected chi connectivity index (χ0v) is 16.3. The van der Waals surface area contributed by atoms with E-state index in [4.69, 9.17) is 0 Å². The van der Waals surface area contributed by atoms with Crippen LogP contribution in [0.4, 0.5) is 4.79 Å². The first kappa shape index (κ1) is 18.7. The Morgan fingerprint density at radius 2 is 1.93 bits per heavy atom. The molecule has 1 aromatic heterocycles. The monoisotopic (exact) mass is 385 g/mol. The maximum atomic E-state index is 12.7. The largest absolute Gasteiger partial charge is 0.341 e. The number of pyridine rings is 1. The highest BCUT2D eigenvalue weighted by Crippen LogP contribution is 2.40. The fourth-order valence-corrected chi connectivity index (χ4v) is 4.59. The molecule has 150 valence electrons. The number of amides is 4. The van der Waals surface area contributed by atoms with Gasteiger partial charge in [-0.05, 0) is 42.4 Å². The zero-order chi connectivity index (χ0) is 19.7. The first-order valence-corrected chi connectivity index (χ1v) is 9.93. The van der Waals surface area contributed by atoms with Gasteiger partial charge in [-0.1, -0.05) is 0 Å². The minimum absolute atomic E-state index is 0.00748. The quantitative estimate of drug-likeness (QED) is 0.835. The summed E-state index contributed by atoms with van der Waals surface area (Å²) in [6, 6.07) is 3.26. The Morgan fingerprint density at radius 1 is 1.21 bits per heavy atom. The highest BCUT2D eigenvalue weighted by atomic mass is 16.2. The van der Waals surface area contributed by atoms with Crippen LogP contribution >= 0.6 is 0 Å². The van der Waals surface area contributed by atoms with Crippen LogP contribution in [0.1, 0.15) is 31.2 Å². The van der Waals surface area contributed by atoms with E-state index in [1.54, 1.807) is 19.4 Å². The number of hydrogen-bond acceptors (Lipinski definition) is 4. The molecule has 0 bridgehead atoms. The van der Waals surface area contributed by atoms with Crippen molar-refractivity contribution >= 4 is 17.8 Å². The summed E-state index contributed by atoms with van der Waals surface area (Å²) in [5.74, 6) is 0.214. The first-order chi connectivity index (χ1) is 13.5. The summed E-state index contributed by atoms with van der Waals surface area (Å²) in [6.07, 6.45) is 6.77. The van der Waals surface area contributed by atoms with E-state index in [1.807, 2.05) is 21.9 Å². The summed E-state index contributed by atoms with van der Waals surface area (Å²) in [4.78, 5) is 46.2. The van der Waals surface area contributed by atoms with Gasteiger partial charge in [-0.2, -0.15) is 0 Å². The lowest BCUT2D eigenvalue weighted by molar-refractivity contribution is -0.143. The second kappa shape index (κ2) is 7.41. The standard InChI is InChI=1S/C20H27N5O3/c1-23-13-16(22-19(23)28)18(27)24-10-6-20(7-11-24)5-2-17(26)25(14-20)12-15-3-8-21-9-4-15/h3-4,8-9,16H,2,5-7,10-14H2,1H3,(H,22,28). The maximum Gasteiger partial charge on any atom is 0.317 e. The highest BCUT2D eigenvalue weighted by molar-refractivity contribution is 5.90. The van der Waals surface area contributed by atoms with E-state index in [0.29, 0.717) is 32.6 Å². The van der Waals surface area contributed by atoms with Crippen LogP contribution in [0.5, 0.6) is 0 Å². The number of likely N-dealkylation sites (tertiary alicyclic amines) is 2. The van der Waals surface area contributed by atoms with Gasteiger partial charge in [0.1, 0.15) is 6.04 Å². The van der Waals surface area contributed by atoms with Gasteiger partial charge in [-0.3, -0.25) is 14.6 Å². The molecule has 1 N–H and O–H groups in total. The van der Waals surface area contributed by atoms with Gasteiger partial charge in [0.15, 0.2) is 0 Å². The van der Waals surface area contributed by atoms with Gasteiger partial charge >= 0.3 is 6.03 Å². The van der Waals surface area contributed by atoms with Gasteiger partial charge in [-0.25, -0.2) is 4.79 Å². The van der Waals surface area contributed by atoms with Crippen LogP contribution < -0.4 is 5.32 Å². The molecule has 4 rings (SSSR count). The molecule has 3 fully saturated rings. The summed E-state index contributed by atoms with van der Waals surface area (Å²) in [5, 5.41) is 2.75. The number of nitrogens with zero attached hydrogens (tertiary/aromatic N) is 4. The molecule has 4 heterocycles. The minimum Gasteiger partial charge on any atom is -0.341 e. The summed E-state index contributed by atoms with van der Waals surface area (Å²) in [6.45, 7) is 3.16. The fraction of sp³-hybridized carbons (Fsp3) is 0.600. The van der Waals surface area contributed by atoms with Crippen LogP contribution in [-0.4, -0.2) is 76.8 Å². The summed E-state index contributed by atoms with van der Waals surface area (Å²) in [5.41, 5.74) is 1.18. The van der Waals surface area contributed by atoms with E-state index in [0.717, 1.165) is 31.4 Å². The Kier molecular flexibility index (Phi) is 4.95. The molecule has 8 heteroatoms. The third-order valence-corrected chi connectivity index (χ3v) is 6.41. The van der Waals surface area contributed by atoms with E-state index < -0.39 is 6.04 Å². The Labute approximate surface area is 164 Å². The van der Waals surface area contributed by atoms with Crippen molar-refractivity contribution in [3.8, 4) is 0 Å². The lowest BCUT2D eigenvalue weighted by Gasteiger charge is -2.47. The first-order valence-electron chi connectivity index (χ1n) is 9.93. The average Bonchev–Trinajstić information content (AvgIpc) is 3.04. The van der Waals surface area contributed by atoms with Crippen LogP contribution in [0.25, 0.3) is 0 Å². The molecule has 1 spiro atoms. The number of carbonyl (C=O) groups excluding carboxylic acids is 3. The van der Waals surface area contributed by atoms with Gasteiger partial charge in [0.2, 0.25) is 11.8 Å². The lowest BCUT2D eigenvalue weighted by atomic mass is 9.72. The molecule has 0 radical (unpaired) electrons. The van der Waals surface area contributed by atoms with E-state index in [1.165, 1.54) is 4.90 Å². The van der Waals surface area contributed by atoms with E-state index in [2.05, 4.69) is 10.3 Å². The second-order valence-corrected chi connectivity index (χ2v) is 8.31. The zero-order valence-electron chi connectivity index (χ0n) is 16.3. The van der Waals surface area contributed by atoms with Crippen molar-refractivity contribution in [2.24, 2.45) is 5.41 Å². The topological polar surface area (TPSA) is 85.8 Å². The summed E-state index contributed by atoms with van der Waals surface area (Å²) >= 11 is 0. The molecule has 1 atom stereocenters. The Morgan fingerprint density at radius 3 is 2.57 bits per heavy atom. The van der Waals surface area contributed by atoms with Crippen molar-refractivity contribution in [2.75, 3.05) is 33.2 Å². The number of piperidine rings is 2. The van der Waals surface area contributed by atoms with Crippen molar-refractivity contribution in [3.63, 3.8) is 0 Å². The number of carbonyl (C=O) groups is 3. The van der Waals surface area contributed by atoms with E-state index >= 15 is 0 Å². The summed E-state index contributed by atoms with van der Waals surface area (Å²) in [7, 11) is 1.70. The number of nitrogens with one attached hydrogen (secondary N) is 1. The number of urea groups is 1. The lowest BCUT2D eigenvalue weighted by Crippen LogP contribution is -2.54. The third kappa shape index (κ3) is 3.68. The highest BCUT2D eigenvalue weighted by Gasteiger charge is 2.43. The smallest absolute Gasteiger partial charge is 0.317 e. The van der Waals surface area contributed by atoms with Crippen LogP contribution in [0.2, 0.25) is 0 Å². The molecule has 3 aliphatic rings. The molecule has 3 aliphatic heterocycles. The summed E-state index contributed by atoms with van der Waals surface area (Å²) < 4.78 is 0. The minimum atomic E-state index is -0.442. The number of hydrogen-bond donors (Lipinski definition) is 1. The van der Waals surface area contributed by atoms with Gasteiger partial charge < -0.3 is 20.0 Å². The molecule has 3 saturated heterocycles. The van der Waals surface area contributed by atoms with E-state index in [-0.39, 0.29) is 23.3 Å². The third-order valence-electron chi connectivity index (χ3n) is 6.41. The van der Waals surface area contributed by atoms with Gasteiger partial charge in [0, 0.05) is 52.0 Å². The average molecular weight is 385 g/mol. The van der Waals surface area contributed by atoms with Crippen LogP contribution in [-0.2, 0) is 16.1 Å². The molecule has 0 aliphatic carbocycles. The van der Waals surface area contributed by atoms with Gasteiger partial charge in [-0.15, -0.1) is 0 Å². The molecular formula is C20H27N5O3. The molecule has 28 heavy (non-hydrogen) atoms. The molecule has 0 saturated carbocycles. The number of rotatable bonds is 3. The van der Waals surface area contributed by atoms with E-state index in [9.17, 15) is 14.4 Å². The Hall–Kier alpha value is -2.64. The predicted molar refractivity (Wildman–Crippen MR) is 102 cm³/mol. The molecule has 1 unspecified atom stereocenters. The van der Waals surface area contributed by atoms with Crippen LogP contribution in [0.15, 0.2) is 24.5 Å². The number of aromatic nitrogens is 1. The van der Waals surface area contributed by atoms with Crippen LogP contribution in [0, 0.1) is 5.41 Å². The molecule has 8 nitrogen and oxygen atoms in total. The molecule has 4 amide bonds. The van der Waals surface area contributed by atoms with Crippen molar-refractivity contribution in [1.29, 1.82) is 0 Å². The Bertz CT molecular complexity index is 760. The van der Waals surface area contributed by atoms with Crippen molar-refractivity contribution in [3.05, 3.63) is 30.1 Å². The number of likely N-dealkylation sites (N-methyl/N-ethyl adjacent to an activating group) is 1. The molecule has 0 aromatic carbocycles. The fourth-order valence-electron chi connectivity index (χ4n) is 4.59. The van der Waals surface area contributed by atoms with Crippen LogP contribution in [0.3, 0.4) is 0 Å². The molecular weight excluding hydrogens is 358 g/mol. The second-order valence-electron chi connectivity index (χ2n) is 8.31.